The Morgan fingerprint density at radius 2 is 1.54 bits per heavy atom. The molecule has 0 unspecified atom stereocenters. The second-order valence-electron chi connectivity index (χ2n) is 6.10. The number of carbonyl (C=O) groups excluding carboxylic acids is 1. The van der Waals surface area contributed by atoms with Crippen molar-refractivity contribution in [2.24, 2.45) is 0 Å². The number of urea groups is 1. The van der Waals surface area contributed by atoms with Crippen LogP contribution in [0.2, 0.25) is 0 Å². The monoisotopic (exact) mass is 384 g/mol. The summed E-state index contributed by atoms with van der Waals surface area (Å²) in [5, 5.41) is 16.1. The Morgan fingerprint density at radius 1 is 0.893 bits per heavy atom. The lowest BCUT2D eigenvalue weighted by atomic mass is 10.2. The van der Waals surface area contributed by atoms with Crippen molar-refractivity contribution in [1.29, 1.82) is 0 Å². The van der Waals surface area contributed by atoms with Gasteiger partial charge in [0.05, 0.1) is 11.9 Å². The topological polar surface area (TPSA) is 82.2 Å². The number of hydrogen-bond acceptors (Lipinski definition) is 5. The van der Waals surface area contributed by atoms with E-state index < -0.39 is 17.7 Å². The molecular formula is C19H18F2N6O. The van der Waals surface area contributed by atoms with Crippen LogP contribution in [0.15, 0.2) is 54.7 Å². The van der Waals surface area contributed by atoms with Gasteiger partial charge in [-0.3, -0.25) is 0 Å². The number of nitrogens with one attached hydrogen (secondary N) is 3. The molecule has 0 spiro atoms. The average Bonchev–Trinajstić information content (AvgIpc) is 2.66. The van der Waals surface area contributed by atoms with Gasteiger partial charge in [0.15, 0.2) is 17.5 Å². The maximum absolute atomic E-state index is 13.2. The van der Waals surface area contributed by atoms with E-state index in [0.29, 0.717) is 11.5 Å². The minimum atomic E-state index is -1.03. The van der Waals surface area contributed by atoms with Gasteiger partial charge in [-0.05, 0) is 36.4 Å². The van der Waals surface area contributed by atoms with Gasteiger partial charge in [0.25, 0.3) is 0 Å². The van der Waals surface area contributed by atoms with Crippen LogP contribution in [-0.2, 0) is 0 Å². The molecule has 0 aliphatic carbocycles. The SMILES string of the molecule is CN(C)c1cnnc(Nc2ccc(NC(=O)Nc3ccc(F)c(F)c3)cc2)c1. The van der Waals surface area contributed by atoms with E-state index in [2.05, 4.69) is 26.1 Å². The molecule has 1 aromatic heterocycles. The molecular weight excluding hydrogens is 366 g/mol. The first-order chi connectivity index (χ1) is 13.4. The number of benzene rings is 2. The van der Waals surface area contributed by atoms with Gasteiger partial charge in [0.2, 0.25) is 0 Å². The van der Waals surface area contributed by atoms with Gasteiger partial charge >= 0.3 is 6.03 Å². The van der Waals surface area contributed by atoms with Gasteiger partial charge in [-0.1, -0.05) is 0 Å². The minimum Gasteiger partial charge on any atom is -0.376 e. The number of anilines is 5. The first-order valence-corrected chi connectivity index (χ1v) is 8.31. The molecule has 3 N–H and O–H groups in total. The van der Waals surface area contributed by atoms with Crippen molar-refractivity contribution in [1.82, 2.24) is 10.2 Å². The van der Waals surface area contributed by atoms with Crippen LogP contribution in [0.5, 0.6) is 0 Å². The fourth-order valence-corrected chi connectivity index (χ4v) is 2.31. The molecule has 144 valence electrons. The van der Waals surface area contributed by atoms with Crippen LogP contribution < -0.4 is 20.9 Å². The highest BCUT2D eigenvalue weighted by Gasteiger charge is 2.07. The molecule has 2 amide bonds. The third kappa shape index (κ3) is 4.91. The van der Waals surface area contributed by atoms with Crippen molar-refractivity contribution in [3.63, 3.8) is 0 Å². The zero-order valence-corrected chi connectivity index (χ0v) is 15.2. The van der Waals surface area contributed by atoms with E-state index in [1.165, 1.54) is 6.07 Å². The second-order valence-corrected chi connectivity index (χ2v) is 6.10. The third-order valence-electron chi connectivity index (χ3n) is 3.75. The van der Waals surface area contributed by atoms with Crippen LogP contribution in [0, 0.1) is 11.6 Å². The lowest BCUT2D eigenvalue weighted by Crippen LogP contribution is -2.19. The normalized spacial score (nSPS) is 10.3. The largest absolute Gasteiger partial charge is 0.376 e. The van der Waals surface area contributed by atoms with Crippen LogP contribution in [0.1, 0.15) is 0 Å². The second kappa shape index (κ2) is 8.30. The maximum Gasteiger partial charge on any atom is 0.323 e. The predicted molar refractivity (Wildman–Crippen MR) is 105 cm³/mol. The highest BCUT2D eigenvalue weighted by molar-refractivity contribution is 5.99. The van der Waals surface area contributed by atoms with E-state index in [1.54, 1.807) is 30.5 Å². The molecule has 3 aromatic rings. The number of carbonyl (C=O) groups is 1. The van der Waals surface area contributed by atoms with Crippen LogP contribution >= 0.6 is 0 Å². The molecule has 0 aliphatic heterocycles. The summed E-state index contributed by atoms with van der Waals surface area (Å²) in [6, 6.07) is 11.3. The van der Waals surface area contributed by atoms with Gasteiger partial charge in [-0.2, -0.15) is 5.10 Å². The molecule has 7 nitrogen and oxygen atoms in total. The fraction of sp³-hybridized carbons (Fsp3) is 0.105. The van der Waals surface area contributed by atoms with Crippen LogP contribution in [0.4, 0.5) is 42.1 Å². The standard InChI is InChI=1S/C19H18F2N6O/c1-27(2)15-10-18(26-22-11-15)23-12-3-5-13(6-4-12)24-19(28)25-14-7-8-16(20)17(21)9-14/h3-11H,1-2H3,(H,23,26)(H2,24,25,28). The van der Waals surface area contributed by atoms with Gasteiger partial charge in [0, 0.05) is 43.3 Å². The number of amides is 2. The third-order valence-corrected chi connectivity index (χ3v) is 3.75. The lowest BCUT2D eigenvalue weighted by Gasteiger charge is -2.13. The van der Waals surface area contributed by atoms with Crippen LogP contribution in [0.3, 0.4) is 0 Å². The van der Waals surface area contributed by atoms with Crippen molar-refractivity contribution < 1.29 is 13.6 Å². The summed E-state index contributed by atoms with van der Waals surface area (Å²) in [6.07, 6.45) is 1.66. The molecule has 0 radical (unpaired) electrons. The molecule has 3 rings (SSSR count). The Bertz CT molecular complexity index is 978. The van der Waals surface area contributed by atoms with Crippen molar-refractivity contribution in [3.05, 3.63) is 66.4 Å². The zero-order valence-electron chi connectivity index (χ0n) is 15.2. The van der Waals surface area contributed by atoms with Gasteiger partial charge in [-0.15, -0.1) is 5.10 Å². The molecule has 0 saturated heterocycles. The summed E-state index contributed by atoms with van der Waals surface area (Å²) in [5.74, 6) is -1.42. The van der Waals surface area contributed by atoms with Gasteiger partial charge < -0.3 is 20.9 Å². The molecule has 2 aromatic carbocycles. The highest BCUT2D eigenvalue weighted by atomic mass is 19.2. The summed E-state index contributed by atoms with van der Waals surface area (Å²) in [7, 11) is 3.82. The highest BCUT2D eigenvalue weighted by Crippen LogP contribution is 2.20. The predicted octanol–water partition coefficient (Wildman–Crippen LogP) is 4.21. The number of halogens is 2. The summed E-state index contributed by atoms with van der Waals surface area (Å²) >= 11 is 0. The molecule has 0 bridgehead atoms. The maximum atomic E-state index is 13.2. The smallest absolute Gasteiger partial charge is 0.323 e. The summed E-state index contributed by atoms with van der Waals surface area (Å²) in [5.41, 5.74) is 2.34. The Balaban J connectivity index is 1.60. The average molecular weight is 384 g/mol. The quantitative estimate of drug-likeness (QED) is 0.614. The Hall–Kier alpha value is -3.75. The lowest BCUT2D eigenvalue weighted by molar-refractivity contribution is 0.262. The molecule has 9 heteroatoms. The molecule has 0 atom stereocenters. The number of rotatable bonds is 5. The van der Waals surface area contributed by atoms with E-state index in [0.717, 1.165) is 23.5 Å². The molecule has 0 saturated carbocycles. The van der Waals surface area contributed by atoms with Crippen LogP contribution in [0.25, 0.3) is 0 Å². The van der Waals surface area contributed by atoms with E-state index in [-0.39, 0.29) is 5.69 Å². The minimum absolute atomic E-state index is 0.147. The van der Waals surface area contributed by atoms with E-state index >= 15 is 0 Å². The number of aromatic nitrogens is 2. The van der Waals surface area contributed by atoms with Crippen molar-refractivity contribution in [2.75, 3.05) is 34.9 Å². The fourth-order valence-electron chi connectivity index (χ4n) is 2.31. The first-order valence-electron chi connectivity index (χ1n) is 8.31. The molecule has 28 heavy (non-hydrogen) atoms. The summed E-state index contributed by atoms with van der Waals surface area (Å²) in [6.45, 7) is 0. The number of nitrogens with zero attached hydrogens (tertiary/aromatic N) is 3. The molecule has 0 aliphatic rings. The molecule has 1 heterocycles. The van der Waals surface area contributed by atoms with E-state index in [9.17, 15) is 13.6 Å². The number of hydrogen-bond donors (Lipinski definition) is 3. The van der Waals surface area contributed by atoms with E-state index in [1.807, 2.05) is 25.1 Å². The molecule has 0 fully saturated rings. The van der Waals surface area contributed by atoms with Gasteiger partial charge in [0.1, 0.15) is 0 Å². The Labute approximate surface area is 160 Å². The van der Waals surface area contributed by atoms with Crippen molar-refractivity contribution in [3.8, 4) is 0 Å². The summed E-state index contributed by atoms with van der Waals surface area (Å²) < 4.78 is 26.1. The van der Waals surface area contributed by atoms with Gasteiger partial charge in [-0.25, -0.2) is 13.6 Å². The zero-order chi connectivity index (χ0) is 20.1. The van der Waals surface area contributed by atoms with Crippen LogP contribution in [-0.4, -0.2) is 30.3 Å². The van der Waals surface area contributed by atoms with Crippen molar-refractivity contribution >= 4 is 34.6 Å². The van der Waals surface area contributed by atoms with Crippen molar-refractivity contribution in [2.45, 2.75) is 0 Å². The Morgan fingerprint density at radius 3 is 2.21 bits per heavy atom. The summed E-state index contributed by atoms with van der Waals surface area (Å²) in [4.78, 5) is 13.9. The van der Waals surface area contributed by atoms with E-state index in [4.69, 9.17) is 0 Å². The Kier molecular flexibility index (Phi) is 5.64. The first kappa shape index (κ1) is 19.0.